The van der Waals surface area contributed by atoms with Crippen molar-refractivity contribution in [2.75, 3.05) is 25.8 Å². The van der Waals surface area contributed by atoms with Gasteiger partial charge in [-0.2, -0.15) is 0 Å². The maximum Gasteiger partial charge on any atom is 0.327 e. The van der Waals surface area contributed by atoms with Crippen molar-refractivity contribution < 1.29 is 24.2 Å². The number of benzene rings is 1. The molecule has 1 aromatic carbocycles. The highest BCUT2D eigenvalue weighted by molar-refractivity contribution is 7.99. The van der Waals surface area contributed by atoms with Gasteiger partial charge in [-0.15, -0.1) is 11.8 Å². The largest absolute Gasteiger partial charge is 0.493 e. The number of nitrogens with zero attached hydrogens (tertiary/aromatic N) is 1. The lowest BCUT2D eigenvalue weighted by Gasteiger charge is -2.20. The van der Waals surface area contributed by atoms with E-state index in [1.54, 1.807) is 25.3 Å². The van der Waals surface area contributed by atoms with Crippen molar-refractivity contribution in [2.24, 2.45) is 0 Å². The zero-order valence-corrected chi connectivity index (χ0v) is 12.7. The molecule has 1 fully saturated rings. The molecule has 1 heterocycles. The van der Waals surface area contributed by atoms with Gasteiger partial charge in [-0.25, -0.2) is 4.79 Å². The van der Waals surface area contributed by atoms with Crippen LogP contribution in [0.25, 0.3) is 0 Å². The highest BCUT2D eigenvalue weighted by atomic mass is 32.2. The number of carboxylic acid groups (broad SMARTS) is 1. The van der Waals surface area contributed by atoms with E-state index in [0.717, 1.165) is 5.56 Å². The lowest BCUT2D eigenvalue weighted by atomic mass is 10.1. The molecule has 1 aromatic rings. The third kappa shape index (κ3) is 3.41. The Balaban J connectivity index is 2.11. The van der Waals surface area contributed by atoms with Crippen molar-refractivity contribution in [2.45, 2.75) is 12.5 Å². The Bertz CT molecular complexity index is 548. The third-order valence-electron chi connectivity index (χ3n) is 3.29. The topological polar surface area (TPSA) is 76.1 Å². The smallest absolute Gasteiger partial charge is 0.327 e. The lowest BCUT2D eigenvalue weighted by molar-refractivity contribution is -0.147. The van der Waals surface area contributed by atoms with Crippen LogP contribution in [-0.4, -0.2) is 53.8 Å². The van der Waals surface area contributed by atoms with E-state index in [0.29, 0.717) is 23.1 Å². The first-order chi connectivity index (χ1) is 10.1. The molecule has 2 rings (SSSR count). The minimum atomic E-state index is -0.958. The highest BCUT2D eigenvalue weighted by Gasteiger charge is 2.34. The first kappa shape index (κ1) is 15.5. The third-order valence-corrected chi connectivity index (χ3v) is 4.30. The van der Waals surface area contributed by atoms with Crippen molar-refractivity contribution in [1.29, 1.82) is 0 Å². The highest BCUT2D eigenvalue weighted by Crippen LogP contribution is 2.28. The molecule has 1 aliphatic rings. The van der Waals surface area contributed by atoms with Crippen LogP contribution < -0.4 is 9.47 Å². The maximum atomic E-state index is 12.3. The van der Waals surface area contributed by atoms with Gasteiger partial charge in [0.25, 0.3) is 0 Å². The van der Waals surface area contributed by atoms with Crippen molar-refractivity contribution in [3.8, 4) is 11.5 Å². The summed E-state index contributed by atoms with van der Waals surface area (Å²) in [5, 5.41) is 9.11. The van der Waals surface area contributed by atoms with Crippen LogP contribution in [0.15, 0.2) is 18.2 Å². The molecule has 1 saturated heterocycles. The minimum absolute atomic E-state index is 0.144. The van der Waals surface area contributed by atoms with Crippen molar-refractivity contribution in [3.05, 3.63) is 23.8 Å². The number of ether oxygens (including phenoxy) is 2. The number of amides is 1. The van der Waals surface area contributed by atoms with E-state index in [4.69, 9.17) is 14.6 Å². The van der Waals surface area contributed by atoms with Gasteiger partial charge >= 0.3 is 5.97 Å². The molecule has 1 unspecified atom stereocenters. The van der Waals surface area contributed by atoms with Gasteiger partial charge in [-0.05, 0) is 17.7 Å². The zero-order chi connectivity index (χ0) is 15.4. The minimum Gasteiger partial charge on any atom is -0.493 e. The summed E-state index contributed by atoms with van der Waals surface area (Å²) in [5.74, 6) is 0.846. The molecular formula is C14H17NO5S. The van der Waals surface area contributed by atoms with E-state index in [1.165, 1.54) is 23.8 Å². The van der Waals surface area contributed by atoms with Gasteiger partial charge < -0.3 is 19.5 Å². The Kier molecular flexibility index (Phi) is 4.95. The number of carbonyl (C=O) groups excluding carboxylic acids is 1. The van der Waals surface area contributed by atoms with Crippen molar-refractivity contribution in [3.63, 3.8) is 0 Å². The summed E-state index contributed by atoms with van der Waals surface area (Å²) in [7, 11) is 3.07. The second-order valence-corrected chi connectivity index (χ2v) is 5.58. The van der Waals surface area contributed by atoms with Crippen molar-refractivity contribution >= 4 is 23.6 Å². The first-order valence-electron chi connectivity index (χ1n) is 6.37. The molecule has 0 radical (unpaired) electrons. The summed E-state index contributed by atoms with van der Waals surface area (Å²) < 4.78 is 10.3. The number of methoxy groups -OCH3 is 2. The van der Waals surface area contributed by atoms with Gasteiger partial charge in [0.05, 0.1) is 26.5 Å². The van der Waals surface area contributed by atoms with Gasteiger partial charge in [-0.3, -0.25) is 4.79 Å². The molecule has 7 heteroatoms. The van der Waals surface area contributed by atoms with Crippen LogP contribution >= 0.6 is 11.8 Å². The predicted octanol–water partition coefficient (Wildman–Crippen LogP) is 1.23. The number of carbonyl (C=O) groups is 2. The second-order valence-electron chi connectivity index (χ2n) is 4.58. The van der Waals surface area contributed by atoms with E-state index in [1.807, 2.05) is 0 Å². The van der Waals surface area contributed by atoms with E-state index in [-0.39, 0.29) is 12.3 Å². The van der Waals surface area contributed by atoms with Gasteiger partial charge in [0.1, 0.15) is 6.04 Å². The molecule has 1 atom stereocenters. The fourth-order valence-corrected chi connectivity index (χ4v) is 3.33. The molecule has 1 amide bonds. The molecular weight excluding hydrogens is 294 g/mol. The molecule has 0 aliphatic carbocycles. The van der Waals surface area contributed by atoms with Crippen LogP contribution in [0.4, 0.5) is 0 Å². The predicted molar refractivity (Wildman–Crippen MR) is 78.8 cm³/mol. The molecule has 1 aliphatic heterocycles. The molecule has 0 bridgehead atoms. The summed E-state index contributed by atoms with van der Waals surface area (Å²) in [6.07, 6.45) is 0.144. The van der Waals surface area contributed by atoms with Gasteiger partial charge in [0.2, 0.25) is 5.91 Å². The lowest BCUT2D eigenvalue weighted by Crippen LogP contribution is -2.42. The Morgan fingerprint density at radius 3 is 2.67 bits per heavy atom. The number of rotatable bonds is 5. The molecule has 114 valence electrons. The maximum absolute atomic E-state index is 12.3. The van der Waals surface area contributed by atoms with Crippen molar-refractivity contribution in [1.82, 2.24) is 4.90 Å². The van der Waals surface area contributed by atoms with Gasteiger partial charge in [0.15, 0.2) is 11.5 Å². The van der Waals surface area contributed by atoms with Crippen LogP contribution in [0.5, 0.6) is 11.5 Å². The Morgan fingerprint density at radius 1 is 1.33 bits per heavy atom. The SMILES string of the molecule is COc1ccc(CC(=O)N2CSCC2C(=O)O)cc1OC. The summed E-state index contributed by atoms with van der Waals surface area (Å²) >= 11 is 1.45. The number of aliphatic carboxylic acids is 1. The number of carboxylic acids is 1. The normalized spacial score (nSPS) is 17.6. The fourth-order valence-electron chi connectivity index (χ4n) is 2.16. The second kappa shape index (κ2) is 6.71. The molecule has 21 heavy (non-hydrogen) atoms. The average molecular weight is 311 g/mol. The summed E-state index contributed by atoms with van der Waals surface area (Å²) in [6.45, 7) is 0. The summed E-state index contributed by atoms with van der Waals surface area (Å²) in [4.78, 5) is 24.8. The van der Waals surface area contributed by atoms with Crippen LogP contribution in [0.3, 0.4) is 0 Å². The summed E-state index contributed by atoms with van der Waals surface area (Å²) in [6, 6.07) is 4.51. The fraction of sp³-hybridized carbons (Fsp3) is 0.429. The quantitative estimate of drug-likeness (QED) is 0.881. The van der Waals surface area contributed by atoms with Crippen LogP contribution in [0.2, 0.25) is 0 Å². The standard InChI is InChI=1S/C14H17NO5S/c1-19-11-4-3-9(5-12(11)20-2)6-13(16)15-8-21-7-10(15)14(17)18/h3-5,10H,6-8H2,1-2H3,(H,17,18). The van der Waals surface area contributed by atoms with Crippen LogP contribution in [0.1, 0.15) is 5.56 Å². The van der Waals surface area contributed by atoms with E-state index < -0.39 is 12.0 Å². The van der Waals surface area contributed by atoms with Gasteiger partial charge in [0, 0.05) is 5.75 Å². The molecule has 6 nitrogen and oxygen atoms in total. The Morgan fingerprint density at radius 2 is 2.05 bits per heavy atom. The first-order valence-corrected chi connectivity index (χ1v) is 7.53. The molecule has 0 aromatic heterocycles. The average Bonchev–Trinajstić information content (AvgIpc) is 2.96. The molecule has 0 saturated carbocycles. The molecule has 0 spiro atoms. The monoisotopic (exact) mass is 311 g/mol. The Hall–Kier alpha value is -1.89. The number of hydrogen-bond donors (Lipinski definition) is 1. The van der Waals surface area contributed by atoms with Gasteiger partial charge in [-0.1, -0.05) is 6.07 Å². The van der Waals surface area contributed by atoms with E-state index >= 15 is 0 Å². The summed E-state index contributed by atoms with van der Waals surface area (Å²) in [5.41, 5.74) is 0.763. The van der Waals surface area contributed by atoms with Crippen LogP contribution in [0, 0.1) is 0 Å². The zero-order valence-electron chi connectivity index (χ0n) is 11.9. The van der Waals surface area contributed by atoms with Crippen LogP contribution in [-0.2, 0) is 16.0 Å². The number of hydrogen-bond acceptors (Lipinski definition) is 5. The van der Waals surface area contributed by atoms with E-state index in [9.17, 15) is 9.59 Å². The number of thioether (sulfide) groups is 1. The Labute approximate surface area is 127 Å². The molecule has 1 N–H and O–H groups in total. The van der Waals surface area contributed by atoms with E-state index in [2.05, 4.69) is 0 Å².